The predicted octanol–water partition coefficient (Wildman–Crippen LogP) is 3.39. The minimum Gasteiger partial charge on any atom is -0.365 e. The average molecular weight is 200 g/mol. The van der Waals surface area contributed by atoms with Gasteiger partial charge in [-0.1, -0.05) is 25.3 Å². The second-order valence-electron chi connectivity index (χ2n) is 3.12. The van der Waals surface area contributed by atoms with Crippen LogP contribution in [-0.2, 0) is 0 Å². The third-order valence-corrected chi connectivity index (χ3v) is 2.23. The Hall–Kier alpha value is -1.83. The molecular weight excluding hydrogens is 184 g/mol. The summed E-state index contributed by atoms with van der Waals surface area (Å²) in [4.78, 5) is 7.42. The Morgan fingerprint density at radius 1 is 1.47 bits per heavy atom. The molecule has 0 saturated heterocycles. The quantitative estimate of drug-likeness (QED) is 0.570. The molecule has 78 valence electrons. The van der Waals surface area contributed by atoms with Crippen LogP contribution in [0.1, 0.15) is 18.2 Å². The van der Waals surface area contributed by atoms with E-state index in [1.807, 2.05) is 32.2 Å². The van der Waals surface area contributed by atoms with Gasteiger partial charge < -0.3 is 4.98 Å². The van der Waals surface area contributed by atoms with Gasteiger partial charge in [-0.05, 0) is 25.5 Å². The molecule has 0 atom stereocenters. The van der Waals surface area contributed by atoms with Gasteiger partial charge in [-0.3, -0.25) is 4.99 Å². The van der Waals surface area contributed by atoms with E-state index >= 15 is 0 Å². The van der Waals surface area contributed by atoms with Crippen molar-refractivity contribution in [3.05, 3.63) is 60.6 Å². The Morgan fingerprint density at radius 3 is 2.60 bits per heavy atom. The predicted molar refractivity (Wildman–Crippen MR) is 66.2 cm³/mol. The molecule has 2 heteroatoms. The van der Waals surface area contributed by atoms with Crippen molar-refractivity contribution < 1.29 is 0 Å². The van der Waals surface area contributed by atoms with Crippen LogP contribution < -0.4 is 0 Å². The van der Waals surface area contributed by atoms with E-state index in [-0.39, 0.29) is 0 Å². The molecule has 0 bridgehead atoms. The molecule has 15 heavy (non-hydrogen) atoms. The lowest BCUT2D eigenvalue weighted by Gasteiger charge is -2.05. The van der Waals surface area contributed by atoms with E-state index in [0.717, 1.165) is 22.5 Å². The highest BCUT2D eigenvalue weighted by Crippen LogP contribution is 2.14. The number of H-pyrrole nitrogens is 1. The molecule has 1 aromatic heterocycles. The molecule has 0 aliphatic rings. The van der Waals surface area contributed by atoms with Crippen LogP contribution in [0.4, 0.5) is 0 Å². The lowest BCUT2D eigenvalue weighted by atomic mass is 10.0. The fourth-order valence-electron chi connectivity index (χ4n) is 1.45. The van der Waals surface area contributed by atoms with E-state index < -0.39 is 0 Å². The molecule has 0 spiro atoms. The number of rotatable bonds is 4. The largest absolute Gasteiger partial charge is 0.365 e. The SMILES string of the molecule is C=C/N=C(/C(C=C)=C/C)c1cc[nH]c1C. The van der Waals surface area contributed by atoms with Crippen molar-refractivity contribution in [2.45, 2.75) is 13.8 Å². The van der Waals surface area contributed by atoms with Crippen LogP contribution in [0.25, 0.3) is 0 Å². The Labute approximate surface area is 90.8 Å². The fraction of sp³-hybridized carbons (Fsp3) is 0.154. The van der Waals surface area contributed by atoms with Crippen LogP contribution in [0.2, 0.25) is 0 Å². The van der Waals surface area contributed by atoms with Crippen LogP contribution in [0, 0.1) is 6.92 Å². The standard InChI is InChI=1S/C13H16N2/c1-5-11(6-2)13(14-7-3)12-8-9-15-10(12)4/h5-9,15H,1,3H2,2,4H3/b11-6+,14-13-. The summed E-state index contributed by atoms with van der Waals surface area (Å²) in [6.45, 7) is 11.4. The van der Waals surface area contributed by atoms with Crippen LogP contribution in [0.5, 0.6) is 0 Å². The third kappa shape index (κ3) is 2.34. The summed E-state index contributed by atoms with van der Waals surface area (Å²) in [5.74, 6) is 0. The molecule has 0 saturated carbocycles. The Kier molecular flexibility index (Phi) is 3.86. The van der Waals surface area contributed by atoms with Gasteiger partial charge in [0.1, 0.15) is 0 Å². The third-order valence-electron chi connectivity index (χ3n) is 2.23. The first-order valence-electron chi connectivity index (χ1n) is 4.86. The molecule has 0 radical (unpaired) electrons. The summed E-state index contributed by atoms with van der Waals surface area (Å²) in [5.41, 5.74) is 4.10. The summed E-state index contributed by atoms with van der Waals surface area (Å²) < 4.78 is 0. The number of hydrogen-bond acceptors (Lipinski definition) is 1. The van der Waals surface area contributed by atoms with Gasteiger partial charge in [0.25, 0.3) is 0 Å². The zero-order valence-electron chi connectivity index (χ0n) is 9.25. The summed E-state index contributed by atoms with van der Waals surface area (Å²) >= 11 is 0. The molecule has 1 rings (SSSR count). The van der Waals surface area contributed by atoms with Gasteiger partial charge in [-0.2, -0.15) is 0 Å². The first kappa shape index (κ1) is 11.2. The van der Waals surface area contributed by atoms with Crippen molar-refractivity contribution in [2.24, 2.45) is 4.99 Å². The Morgan fingerprint density at radius 2 is 2.20 bits per heavy atom. The lowest BCUT2D eigenvalue weighted by Crippen LogP contribution is -2.03. The van der Waals surface area contributed by atoms with Gasteiger partial charge in [0, 0.05) is 23.7 Å². The molecule has 1 heterocycles. The number of nitrogens with one attached hydrogen (secondary N) is 1. The molecule has 0 fully saturated rings. The van der Waals surface area contributed by atoms with Crippen molar-refractivity contribution in [2.75, 3.05) is 0 Å². The maximum absolute atomic E-state index is 4.29. The van der Waals surface area contributed by atoms with E-state index in [2.05, 4.69) is 23.1 Å². The van der Waals surface area contributed by atoms with Crippen molar-refractivity contribution in [3.8, 4) is 0 Å². The van der Waals surface area contributed by atoms with E-state index in [0.29, 0.717) is 0 Å². The minimum atomic E-state index is 0.904. The number of aromatic amines is 1. The highest BCUT2D eigenvalue weighted by Gasteiger charge is 2.09. The normalized spacial score (nSPS) is 12.7. The summed E-state index contributed by atoms with van der Waals surface area (Å²) in [6.07, 6.45) is 7.24. The van der Waals surface area contributed by atoms with Crippen LogP contribution in [0.3, 0.4) is 0 Å². The first-order chi connectivity index (χ1) is 7.24. The average Bonchev–Trinajstić information content (AvgIpc) is 2.65. The van der Waals surface area contributed by atoms with Gasteiger partial charge in [0.2, 0.25) is 0 Å². The molecule has 0 aliphatic heterocycles. The zero-order chi connectivity index (χ0) is 11.3. The highest BCUT2D eigenvalue weighted by atomic mass is 14.7. The molecule has 0 unspecified atom stereocenters. The topological polar surface area (TPSA) is 28.1 Å². The molecule has 2 nitrogen and oxygen atoms in total. The Bertz CT molecular complexity index is 419. The summed E-state index contributed by atoms with van der Waals surface area (Å²) in [6, 6.07) is 2.00. The second-order valence-corrected chi connectivity index (χ2v) is 3.12. The monoisotopic (exact) mass is 200 g/mol. The zero-order valence-corrected chi connectivity index (χ0v) is 9.25. The number of allylic oxidation sites excluding steroid dienone is 3. The van der Waals surface area contributed by atoms with Gasteiger partial charge in [0.05, 0.1) is 5.71 Å². The van der Waals surface area contributed by atoms with E-state index in [1.54, 1.807) is 12.3 Å². The molecule has 0 aliphatic carbocycles. The van der Waals surface area contributed by atoms with Crippen molar-refractivity contribution in [1.29, 1.82) is 0 Å². The van der Waals surface area contributed by atoms with Crippen molar-refractivity contribution >= 4 is 5.71 Å². The fourth-order valence-corrected chi connectivity index (χ4v) is 1.45. The highest BCUT2D eigenvalue weighted by molar-refractivity contribution is 6.15. The first-order valence-corrected chi connectivity index (χ1v) is 4.86. The molecule has 0 amide bonds. The smallest absolute Gasteiger partial charge is 0.0788 e. The molecule has 1 N–H and O–H groups in total. The van der Waals surface area contributed by atoms with Crippen LogP contribution >= 0.6 is 0 Å². The van der Waals surface area contributed by atoms with Crippen molar-refractivity contribution in [1.82, 2.24) is 4.98 Å². The number of aryl methyl sites for hydroxylation is 1. The van der Waals surface area contributed by atoms with E-state index in [9.17, 15) is 0 Å². The van der Waals surface area contributed by atoms with E-state index in [1.165, 1.54) is 0 Å². The summed E-state index contributed by atoms with van der Waals surface area (Å²) in [5, 5.41) is 0. The number of aromatic nitrogens is 1. The summed E-state index contributed by atoms with van der Waals surface area (Å²) in [7, 11) is 0. The van der Waals surface area contributed by atoms with Gasteiger partial charge >= 0.3 is 0 Å². The molecule has 1 aromatic rings. The molecule has 0 aromatic carbocycles. The van der Waals surface area contributed by atoms with Gasteiger partial charge in [-0.15, -0.1) is 0 Å². The molecular formula is C13H16N2. The van der Waals surface area contributed by atoms with Crippen LogP contribution in [0.15, 0.2) is 54.3 Å². The number of aliphatic imine (C=N–C) groups is 1. The van der Waals surface area contributed by atoms with Crippen molar-refractivity contribution in [3.63, 3.8) is 0 Å². The Balaban J connectivity index is 3.27. The minimum absolute atomic E-state index is 0.904. The van der Waals surface area contributed by atoms with Gasteiger partial charge in [-0.25, -0.2) is 0 Å². The van der Waals surface area contributed by atoms with Crippen LogP contribution in [-0.4, -0.2) is 10.7 Å². The maximum Gasteiger partial charge on any atom is 0.0788 e. The lowest BCUT2D eigenvalue weighted by molar-refractivity contribution is 1.26. The van der Waals surface area contributed by atoms with E-state index in [4.69, 9.17) is 0 Å². The number of hydrogen-bond donors (Lipinski definition) is 1. The second kappa shape index (κ2) is 5.15. The number of nitrogens with zero attached hydrogens (tertiary/aromatic N) is 1. The maximum atomic E-state index is 4.29. The van der Waals surface area contributed by atoms with Gasteiger partial charge in [0.15, 0.2) is 0 Å².